The molecule has 0 bridgehead atoms. The topological polar surface area (TPSA) is 64.4 Å². The summed E-state index contributed by atoms with van der Waals surface area (Å²) in [7, 11) is 0. The summed E-state index contributed by atoms with van der Waals surface area (Å²) >= 11 is 0. The van der Waals surface area contributed by atoms with Crippen molar-refractivity contribution in [1.82, 2.24) is 9.55 Å². The number of hydrogen-bond donors (Lipinski definition) is 1. The van der Waals surface area contributed by atoms with E-state index in [1.807, 2.05) is 10.6 Å². The Hall–Kier alpha value is -1.88. The zero-order chi connectivity index (χ0) is 14.5. The number of carbonyl (C=O) groups is 1. The monoisotopic (exact) mass is 276 g/mol. The van der Waals surface area contributed by atoms with Gasteiger partial charge in [-0.15, -0.1) is 0 Å². The number of aryl methyl sites for hydroxylation is 1. The van der Waals surface area contributed by atoms with E-state index in [0.29, 0.717) is 18.0 Å². The summed E-state index contributed by atoms with van der Waals surface area (Å²) in [6, 6.07) is 5.22. The maximum absolute atomic E-state index is 11.1. The molecule has 0 saturated carbocycles. The number of aromatic nitrogens is 2. The standard InChI is InChI=1S/C15H20N2O3/c1-11(2)9-20-8-4-7-17-10-16-14-12(15(18)19)5-3-6-13(14)17/h3,5-6,10-11H,4,7-9H2,1-2H3,(H,18,19). The molecular weight excluding hydrogens is 256 g/mol. The van der Waals surface area contributed by atoms with E-state index >= 15 is 0 Å². The van der Waals surface area contributed by atoms with Crippen molar-refractivity contribution in [3.05, 3.63) is 30.1 Å². The molecule has 0 spiro atoms. The minimum Gasteiger partial charge on any atom is -0.478 e. The van der Waals surface area contributed by atoms with E-state index in [9.17, 15) is 4.79 Å². The number of benzene rings is 1. The van der Waals surface area contributed by atoms with Crippen LogP contribution in [0.2, 0.25) is 0 Å². The molecule has 1 heterocycles. The molecule has 2 aromatic rings. The number of para-hydroxylation sites is 1. The molecule has 0 aliphatic rings. The van der Waals surface area contributed by atoms with Gasteiger partial charge in [0.05, 0.1) is 17.4 Å². The molecule has 5 nitrogen and oxygen atoms in total. The third kappa shape index (κ3) is 3.36. The van der Waals surface area contributed by atoms with Gasteiger partial charge in [0.1, 0.15) is 5.52 Å². The van der Waals surface area contributed by atoms with Crippen LogP contribution in [0.5, 0.6) is 0 Å². The molecule has 2 rings (SSSR count). The normalized spacial score (nSPS) is 11.3. The van der Waals surface area contributed by atoms with Crippen LogP contribution < -0.4 is 0 Å². The van der Waals surface area contributed by atoms with Crippen LogP contribution in [0.3, 0.4) is 0 Å². The highest BCUT2D eigenvalue weighted by Crippen LogP contribution is 2.17. The highest BCUT2D eigenvalue weighted by molar-refractivity contribution is 6.00. The van der Waals surface area contributed by atoms with E-state index < -0.39 is 5.97 Å². The van der Waals surface area contributed by atoms with Crippen LogP contribution in [0.4, 0.5) is 0 Å². The Morgan fingerprint density at radius 2 is 2.25 bits per heavy atom. The lowest BCUT2D eigenvalue weighted by Crippen LogP contribution is -2.06. The SMILES string of the molecule is CC(C)COCCCn1cnc2c(C(=O)O)cccc21. The first-order chi connectivity index (χ1) is 9.59. The van der Waals surface area contributed by atoms with Gasteiger partial charge in [0, 0.05) is 19.8 Å². The highest BCUT2D eigenvalue weighted by atomic mass is 16.5. The first kappa shape index (κ1) is 14.5. The molecule has 20 heavy (non-hydrogen) atoms. The van der Waals surface area contributed by atoms with Crippen LogP contribution in [0.25, 0.3) is 11.0 Å². The second kappa shape index (κ2) is 6.52. The van der Waals surface area contributed by atoms with E-state index in [1.54, 1.807) is 18.5 Å². The van der Waals surface area contributed by atoms with Crippen LogP contribution in [0, 0.1) is 5.92 Å². The Morgan fingerprint density at radius 3 is 2.95 bits per heavy atom. The van der Waals surface area contributed by atoms with Crippen molar-refractivity contribution in [1.29, 1.82) is 0 Å². The van der Waals surface area contributed by atoms with Crippen molar-refractivity contribution in [3.63, 3.8) is 0 Å². The molecule has 5 heteroatoms. The largest absolute Gasteiger partial charge is 0.478 e. The smallest absolute Gasteiger partial charge is 0.337 e. The van der Waals surface area contributed by atoms with Crippen LogP contribution in [0.1, 0.15) is 30.6 Å². The average molecular weight is 276 g/mol. The summed E-state index contributed by atoms with van der Waals surface area (Å²) in [4.78, 5) is 15.3. The average Bonchev–Trinajstić information content (AvgIpc) is 2.81. The molecule has 0 aliphatic heterocycles. The fourth-order valence-corrected chi connectivity index (χ4v) is 2.10. The molecule has 0 amide bonds. The third-order valence-electron chi connectivity index (χ3n) is 3.02. The highest BCUT2D eigenvalue weighted by Gasteiger charge is 2.11. The van der Waals surface area contributed by atoms with Crippen LogP contribution >= 0.6 is 0 Å². The first-order valence-electron chi connectivity index (χ1n) is 6.84. The molecule has 1 N–H and O–H groups in total. The third-order valence-corrected chi connectivity index (χ3v) is 3.02. The number of carboxylic acid groups (broad SMARTS) is 1. The second-order valence-electron chi connectivity index (χ2n) is 5.24. The van der Waals surface area contributed by atoms with Crippen molar-refractivity contribution in [2.75, 3.05) is 13.2 Å². The minimum absolute atomic E-state index is 0.248. The molecule has 0 aliphatic carbocycles. The summed E-state index contributed by atoms with van der Waals surface area (Å²) in [5, 5.41) is 9.12. The van der Waals surface area contributed by atoms with Gasteiger partial charge in [-0.05, 0) is 24.5 Å². The summed E-state index contributed by atoms with van der Waals surface area (Å²) < 4.78 is 7.51. The van der Waals surface area contributed by atoms with Gasteiger partial charge in [-0.1, -0.05) is 19.9 Å². The van der Waals surface area contributed by atoms with Crippen LogP contribution in [-0.4, -0.2) is 33.8 Å². The Morgan fingerprint density at radius 1 is 1.45 bits per heavy atom. The van der Waals surface area contributed by atoms with Crippen molar-refractivity contribution >= 4 is 17.0 Å². The molecule has 0 atom stereocenters. The van der Waals surface area contributed by atoms with E-state index in [4.69, 9.17) is 9.84 Å². The Kier molecular flexibility index (Phi) is 4.74. The fraction of sp³-hybridized carbons (Fsp3) is 0.467. The maximum atomic E-state index is 11.1. The lowest BCUT2D eigenvalue weighted by atomic mass is 10.2. The molecule has 1 aromatic heterocycles. The number of rotatable bonds is 7. The summed E-state index contributed by atoms with van der Waals surface area (Å²) in [6.45, 7) is 6.50. The van der Waals surface area contributed by atoms with Crippen LogP contribution in [0.15, 0.2) is 24.5 Å². The summed E-state index contributed by atoms with van der Waals surface area (Å²) in [6.07, 6.45) is 2.58. The second-order valence-corrected chi connectivity index (χ2v) is 5.24. The predicted molar refractivity (Wildman–Crippen MR) is 77.0 cm³/mol. The Labute approximate surface area is 118 Å². The number of imidazole rings is 1. The van der Waals surface area contributed by atoms with Gasteiger partial charge in [-0.2, -0.15) is 0 Å². The first-order valence-corrected chi connectivity index (χ1v) is 6.84. The van der Waals surface area contributed by atoms with E-state index in [1.165, 1.54) is 0 Å². The van der Waals surface area contributed by atoms with Crippen molar-refractivity contribution in [2.24, 2.45) is 5.92 Å². The summed E-state index contributed by atoms with van der Waals surface area (Å²) in [5.41, 5.74) is 1.65. The molecular formula is C15H20N2O3. The fourth-order valence-electron chi connectivity index (χ4n) is 2.10. The number of aromatic carboxylic acids is 1. The number of fused-ring (bicyclic) bond motifs is 1. The van der Waals surface area contributed by atoms with Crippen molar-refractivity contribution in [3.8, 4) is 0 Å². The number of ether oxygens (including phenoxy) is 1. The minimum atomic E-state index is -0.943. The zero-order valence-electron chi connectivity index (χ0n) is 11.9. The van der Waals surface area contributed by atoms with Gasteiger partial charge in [0.15, 0.2) is 0 Å². The maximum Gasteiger partial charge on any atom is 0.337 e. The van der Waals surface area contributed by atoms with E-state index in [0.717, 1.165) is 25.1 Å². The Balaban J connectivity index is 2.01. The lowest BCUT2D eigenvalue weighted by Gasteiger charge is -2.07. The van der Waals surface area contributed by atoms with Gasteiger partial charge in [-0.25, -0.2) is 9.78 Å². The molecule has 0 fully saturated rings. The van der Waals surface area contributed by atoms with Gasteiger partial charge in [0.25, 0.3) is 0 Å². The quantitative estimate of drug-likeness (QED) is 0.790. The molecule has 1 aromatic carbocycles. The van der Waals surface area contributed by atoms with Crippen molar-refractivity contribution in [2.45, 2.75) is 26.8 Å². The van der Waals surface area contributed by atoms with Gasteiger partial charge in [-0.3, -0.25) is 0 Å². The van der Waals surface area contributed by atoms with Gasteiger partial charge < -0.3 is 14.4 Å². The molecule has 108 valence electrons. The van der Waals surface area contributed by atoms with Crippen LogP contribution in [-0.2, 0) is 11.3 Å². The number of nitrogens with zero attached hydrogens (tertiary/aromatic N) is 2. The van der Waals surface area contributed by atoms with Crippen molar-refractivity contribution < 1.29 is 14.6 Å². The number of carboxylic acids is 1. The summed E-state index contributed by atoms with van der Waals surface area (Å²) in [5.74, 6) is -0.400. The predicted octanol–water partition coefficient (Wildman–Crippen LogP) is 2.80. The van der Waals surface area contributed by atoms with Gasteiger partial charge in [0.2, 0.25) is 0 Å². The van der Waals surface area contributed by atoms with E-state index in [2.05, 4.69) is 18.8 Å². The lowest BCUT2D eigenvalue weighted by molar-refractivity contribution is 0.0699. The Bertz CT molecular complexity index is 590. The number of hydrogen-bond acceptors (Lipinski definition) is 3. The molecule has 0 radical (unpaired) electrons. The van der Waals surface area contributed by atoms with Gasteiger partial charge >= 0.3 is 5.97 Å². The van der Waals surface area contributed by atoms with E-state index in [-0.39, 0.29) is 5.56 Å². The zero-order valence-corrected chi connectivity index (χ0v) is 11.9. The molecule has 0 saturated heterocycles. The molecule has 0 unspecified atom stereocenters.